The van der Waals surface area contributed by atoms with E-state index in [2.05, 4.69) is 0 Å². The van der Waals surface area contributed by atoms with Gasteiger partial charge in [0.15, 0.2) is 0 Å². The molecule has 0 aliphatic carbocycles. The second kappa shape index (κ2) is 8.27. The Morgan fingerprint density at radius 1 is 0.750 bits per heavy atom. The lowest BCUT2D eigenvalue weighted by molar-refractivity contribution is -0.394. The third-order valence-corrected chi connectivity index (χ3v) is 5.11. The molecule has 0 saturated heterocycles. The van der Waals surface area contributed by atoms with E-state index < -0.39 is 27.1 Å². The summed E-state index contributed by atoms with van der Waals surface area (Å²) in [5, 5.41) is 24.6. The van der Waals surface area contributed by atoms with Gasteiger partial charge in [0, 0.05) is 17.4 Å². The Morgan fingerprint density at radius 2 is 1.41 bits per heavy atom. The minimum Gasteiger partial charge on any atom is -0.277 e. The van der Waals surface area contributed by atoms with Crippen molar-refractivity contribution in [3.05, 3.63) is 116 Å². The number of anilines is 2. The smallest absolute Gasteiger partial charge is 0.277 e. The zero-order valence-electron chi connectivity index (χ0n) is 17.0. The molecule has 0 aromatic heterocycles. The summed E-state index contributed by atoms with van der Waals surface area (Å²) in [4.78, 5) is 36.2. The van der Waals surface area contributed by atoms with E-state index in [9.17, 15) is 25.0 Å². The zero-order valence-corrected chi connectivity index (χ0v) is 17.0. The molecular formula is C24H17N3O5. The highest BCUT2D eigenvalue weighted by Gasteiger charge is 2.29. The number of carbonyl (C=O) groups excluding carboxylic acids is 1. The average molecular weight is 427 g/mol. The van der Waals surface area contributed by atoms with Gasteiger partial charge >= 0.3 is 0 Å². The molecule has 0 saturated carbocycles. The Bertz CT molecular complexity index is 1370. The highest BCUT2D eigenvalue weighted by molar-refractivity contribution is 6.13. The van der Waals surface area contributed by atoms with Crippen LogP contribution in [0.15, 0.2) is 84.9 Å². The Labute approximate surface area is 182 Å². The van der Waals surface area contributed by atoms with E-state index >= 15 is 0 Å². The molecule has 8 nitrogen and oxygen atoms in total. The summed E-state index contributed by atoms with van der Waals surface area (Å²) in [7, 11) is 0. The minimum atomic E-state index is -0.784. The van der Waals surface area contributed by atoms with Crippen molar-refractivity contribution in [2.45, 2.75) is 6.92 Å². The van der Waals surface area contributed by atoms with Gasteiger partial charge in [0.25, 0.3) is 17.3 Å². The number of benzene rings is 4. The van der Waals surface area contributed by atoms with Crippen LogP contribution in [0.4, 0.5) is 22.7 Å². The number of nitro groups is 2. The van der Waals surface area contributed by atoms with Gasteiger partial charge in [0.2, 0.25) is 0 Å². The Morgan fingerprint density at radius 3 is 2.06 bits per heavy atom. The van der Waals surface area contributed by atoms with Gasteiger partial charge in [0.05, 0.1) is 15.9 Å². The van der Waals surface area contributed by atoms with Gasteiger partial charge in [-0.1, -0.05) is 48.0 Å². The molecule has 0 atom stereocenters. The molecule has 1 amide bonds. The van der Waals surface area contributed by atoms with E-state index in [1.807, 2.05) is 55.5 Å². The first-order chi connectivity index (χ1) is 15.3. The molecule has 0 aliphatic heterocycles. The largest absolute Gasteiger partial charge is 0.289 e. The lowest BCUT2D eigenvalue weighted by Gasteiger charge is -2.24. The third kappa shape index (κ3) is 3.89. The van der Waals surface area contributed by atoms with Crippen LogP contribution in [-0.2, 0) is 0 Å². The summed E-state index contributed by atoms with van der Waals surface area (Å²) < 4.78 is 0. The molecule has 32 heavy (non-hydrogen) atoms. The quantitative estimate of drug-likeness (QED) is 0.289. The predicted molar refractivity (Wildman–Crippen MR) is 121 cm³/mol. The number of carbonyl (C=O) groups is 1. The normalized spacial score (nSPS) is 10.7. The first kappa shape index (κ1) is 20.7. The Hall–Kier alpha value is -4.59. The van der Waals surface area contributed by atoms with E-state index in [-0.39, 0.29) is 5.56 Å². The van der Waals surface area contributed by atoms with Gasteiger partial charge in [0.1, 0.15) is 5.56 Å². The molecule has 4 aromatic rings. The van der Waals surface area contributed by atoms with Crippen LogP contribution in [0.25, 0.3) is 10.8 Å². The van der Waals surface area contributed by atoms with Crippen molar-refractivity contribution >= 4 is 39.4 Å². The van der Waals surface area contributed by atoms with Crippen molar-refractivity contribution in [2.24, 2.45) is 0 Å². The maximum Gasteiger partial charge on any atom is 0.289 e. The standard InChI is InChI=1S/C24H17N3O5/c1-16-6-9-19(10-7-16)25(20-11-8-17-4-2-3-5-18(17)14-20)24(28)22-13-12-21(26(29)30)15-23(22)27(31)32/h2-15H,1H3. The van der Waals surface area contributed by atoms with Gasteiger partial charge in [-0.05, 0) is 48.0 Å². The molecular weight excluding hydrogens is 410 g/mol. The molecule has 0 aliphatic rings. The first-order valence-corrected chi connectivity index (χ1v) is 9.68. The van der Waals surface area contributed by atoms with Gasteiger partial charge in [-0.15, -0.1) is 0 Å². The molecule has 0 heterocycles. The molecule has 0 bridgehead atoms. The monoisotopic (exact) mass is 427 g/mol. The van der Waals surface area contributed by atoms with Crippen molar-refractivity contribution < 1.29 is 14.6 Å². The fraction of sp³-hybridized carbons (Fsp3) is 0.0417. The summed E-state index contributed by atoms with van der Waals surface area (Å²) in [6.45, 7) is 1.91. The number of hydrogen-bond donors (Lipinski definition) is 0. The van der Waals surface area contributed by atoms with Crippen LogP contribution in [0.5, 0.6) is 0 Å². The van der Waals surface area contributed by atoms with E-state index in [1.54, 1.807) is 18.2 Å². The van der Waals surface area contributed by atoms with Crippen LogP contribution in [0.1, 0.15) is 15.9 Å². The number of amides is 1. The van der Waals surface area contributed by atoms with E-state index in [1.165, 1.54) is 4.90 Å². The van der Waals surface area contributed by atoms with Crippen molar-refractivity contribution in [2.75, 3.05) is 4.90 Å². The minimum absolute atomic E-state index is 0.241. The maximum atomic E-state index is 13.6. The second-order valence-electron chi connectivity index (χ2n) is 7.22. The van der Waals surface area contributed by atoms with Crippen LogP contribution in [0.2, 0.25) is 0 Å². The van der Waals surface area contributed by atoms with E-state index in [4.69, 9.17) is 0 Å². The van der Waals surface area contributed by atoms with Gasteiger partial charge in [-0.2, -0.15) is 0 Å². The number of hydrogen-bond acceptors (Lipinski definition) is 5. The molecule has 8 heteroatoms. The number of nitro benzene ring substituents is 2. The molecule has 0 unspecified atom stereocenters. The highest BCUT2D eigenvalue weighted by atomic mass is 16.6. The Balaban J connectivity index is 1.90. The van der Waals surface area contributed by atoms with Gasteiger partial charge in [-0.25, -0.2) is 0 Å². The summed E-state index contributed by atoms with van der Waals surface area (Å²) in [5.74, 6) is -0.661. The van der Waals surface area contributed by atoms with Gasteiger partial charge in [-0.3, -0.25) is 29.9 Å². The number of rotatable bonds is 5. The number of nitrogens with zero attached hydrogens (tertiary/aromatic N) is 3. The summed E-state index contributed by atoms with van der Waals surface area (Å²) >= 11 is 0. The van der Waals surface area contributed by atoms with Gasteiger partial charge < -0.3 is 0 Å². The van der Waals surface area contributed by atoms with E-state index in [0.29, 0.717) is 11.4 Å². The predicted octanol–water partition coefficient (Wildman–Crippen LogP) is 5.94. The fourth-order valence-corrected chi connectivity index (χ4v) is 3.48. The Kier molecular flexibility index (Phi) is 5.34. The van der Waals surface area contributed by atoms with Crippen LogP contribution in [0, 0.1) is 27.2 Å². The molecule has 0 spiro atoms. The summed E-state index contributed by atoms with van der Waals surface area (Å²) in [5.41, 5.74) is 0.701. The molecule has 158 valence electrons. The van der Waals surface area contributed by atoms with Crippen LogP contribution in [0.3, 0.4) is 0 Å². The molecule has 4 aromatic carbocycles. The second-order valence-corrected chi connectivity index (χ2v) is 7.22. The van der Waals surface area contributed by atoms with Crippen LogP contribution >= 0.6 is 0 Å². The first-order valence-electron chi connectivity index (χ1n) is 9.68. The average Bonchev–Trinajstić information content (AvgIpc) is 2.79. The van der Waals surface area contributed by atoms with Crippen molar-refractivity contribution in [1.29, 1.82) is 0 Å². The van der Waals surface area contributed by atoms with Crippen molar-refractivity contribution in [3.8, 4) is 0 Å². The lowest BCUT2D eigenvalue weighted by atomic mass is 10.1. The maximum absolute atomic E-state index is 13.6. The SMILES string of the molecule is Cc1ccc(N(C(=O)c2ccc([N+](=O)[O-])cc2[N+](=O)[O-])c2ccc3ccccc3c2)cc1. The number of non-ortho nitro benzene ring substituents is 1. The van der Waals surface area contributed by atoms with Crippen LogP contribution in [-0.4, -0.2) is 15.8 Å². The lowest BCUT2D eigenvalue weighted by Crippen LogP contribution is -2.26. The van der Waals surface area contributed by atoms with Crippen molar-refractivity contribution in [1.82, 2.24) is 0 Å². The summed E-state index contributed by atoms with van der Waals surface area (Å²) in [6.07, 6.45) is 0. The number of aryl methyl sites for hydroxylation is 1. The highest BCUT2D eigenvalue weighted by Crippen LogP contribution is 2.33. The molecule has 0 radical (unpaired) electrons. The molecule has 4 rings (SSSR count). The fourth-order valence-electron chi connectivity index (χ4n) is 3.48. The third-order valence-electron chi connectivity index (χ3n) is 5.11. The molecule has 0 fully saturated rings. The van der Waals surface area contributed by atoms with E-state index in [0.717, 1.165) is 34.5 Å². The van der Waals surface area contributed by atoms with Crippen molar-refractivity contribution in [3.63, 3.8) is 0 Å². The van der Waals surface area contributed by atoms with Crippen LogP contribution < -0.4 is 4.90 Å². The summed E-state index contributed by atoms with van der Waals surface area (Å²) in [6, 6.07) is 23.3. The number of fused-ring (bicyclic) bond motifs is 1. The topological polar surface area (TPSA) is 107 Å². The molecule has 0 N–H and O–H groups in total. The zero-order chi connectivity index (χ0) is 22.8.